The second kappa shape index (κ2) is 48.7. The van der Waals surface area contributed by atoms with Crippen molar-refractivity contribution in [1.29, 1.82) is 0 Å². The first-order valence-corrected chi connectivity index (χ1v) is 28.9. The van der Waals surface area contributed by atoms with Gasteiger partial charge in [-0.1, -0.05) is 234 Å². The molecule has 0 bridgehead atoms. The lowest BCUT2D eigenvalue weighted by Crippen LogP contribution is -2.46. The largest absolute Gasteiger partial charge is 0.756 e. The summed E-state index contributed by atoms with van der Waals surface area (Å²) in [5.41, 5.74) is 0. The molecular weight excluding hydrogens is 852 g/mol. The van der Waals surface area contributed by atoms with Crippen LogP contribution in [0.25, 0.3) is 0 Å². The summed E-state index contributed by atoms with van der Waals surface area (Å²) in [4.78, 5) is 25.2. The zero-order valence-corrected chi connectivity index (χ0v) is 45.0. The van der Waals surface area contributed by atoms with Crippen molar-refractivity contribution in [2.24, 2.45) is 0 Å². The molecule has 0 aliphatic carbocycles. The van der Waals surface area contributed by atoms with Crippen molar-refractivity contribution in [3.05, 3.63) is 85.1 Å². The molecule has 0 saturated carbocycles. The van der Waals surface area contributed by atoms with Gasteiger partial charge in [-0.3, -0.25) is 9.36 Å². The van der Waals surface area contributed by atoms with E-state index in [0.717, 1.165) is 83.5 Å². The van der Waals surface area contributed by atoms with Gasteiger partial charge >= 0.3 is 0 Å². The number of carbonyl (C=O) groups is 1. The van der Waals surface area contributed by atoms with Gasteiger partial charge in [-0.25, -0.2) is 0 Å². The molecule has 1 amide bonds. The summed E-state index contributed by atoms with van der Waals surface area (Å²) in [5.74, 6) is -0.172. The predicted molar refractivity (Wildman–Crippen MR) is 288 cm³/mol. The van der Waals surface area contributed by atoms with Crippen LogP contribution in [0.1, 0.15) is 226 Å². The van der Waals surface area contributed by atoms with E-state index < -0.39 is 20.0 Å². The summed E-state index contributed by atoms with van der Waals surface area (Å²) >= 11 is 0. The first-order valence-electron chi connectivity index (χ1n) is 27.4. The van der Waals surface area contributed by atoms with E-state index in [0.29, 0.717) is 23.9 Å². The number of nitrogens with zero attached hydrogens (tertiary/aromatic N) is 1. The highest BCUT2D eigenvalue weighted by Gasteiger charge is 2.24. The van der Waals surface area contributed by atoms with Crippen LogP contribution in [0.5, 0.6) is 0 Å². The maximum atomic E-state index is 12.8. The van der Waals surface area contributed by atoms with Gasteiger partial charge in [0.25, 0.3) is 7.82 Å². The van der Waals surface area contributed by atoms with Gasteiger partial charge in [0.05, 0.1) is 39.9 Å². The summed E-state index contributed by atoms with van der Waals surface area (Å²) < 4.78 is 23.2. The fraction of sp³-hybridized carbons (Fsp3) is 0.741. The number of nitrogens with one attached hydrogen (secondary N) is 1. The lowest BCUT2D eigenvalue weighted by atomic mass is 10.0. The van der Waals surface area contributed by atoms with Gasteiger partial charge in [-0.05, 0) is 70.6 Å². The molecule has 0 aliphatic heterocycles. The Labute approximate surface area is 414 Å². The molecule has 0 saturated heterocycles. The number of aliphatic hydroxyl groups is 1. The maximum Gasteiger partial charge on any atom is 0.268 e. The molecule has 0 fully saturated rings. The first kappa shape index (κ1) is 64.7. The maximum absolute atomic E-state index is 12.8. The number of carbonyl (C=O) groups excluding carboxylic acids is 1. The molecule has 0 rings (SSSR count). The normalized spacial score (nSPS) is 14.7. The van der Waals surface area contributed by atoms with Gasteiger partial charge in [0, 0.05) is 6.42 Å². The van der Waals surface area contributed by atoms with E-state index in [9.17, 15) is 19.4 Å². The zero-order valence-electron chi connectivity index (χ0n) is 44.1. The van der Waals surface area contributed by atoms with Crippen LogP contribution in [0, 0.1) is 0 Å². The standard InChI is InChI=1S/C58H105N2O6P/c1-6-8-10-12-14-15-16-17-18-19-20-21-22-23-24-25-26-27-28-29-30-31-32-33-34-35-36-37-38-39-40-41-42-43-44-45-46-48-50-52-58(62)59-56(57(61)51-49-47-13-11-9-7-2)55-66-67(63,64)65-54-53-60(3,4)5/h8,10,14-15,17-18,20-21,23-24,26-27,29-30,56-57,61H,6-7,9,11-13,16,19,22,25,28,31-55H2,1-5H3,(H-,59,62,63,64)/b10-8-,15-14-,18-17-,21-20-,24-23-,27-26-,30-29-. The minimum absolute atomic E-state index is 0.00989. The summed E-state index contributed by atoms with van der Waals surface area (Å²) in [5, 5.41) is 13.8. The highest BCUT2D eigenvalue weighted by Crippen LogP contribution is 2.38. The Kier molecular flexibility index (Phi) is 47.0. The third-order valence-corrected chi connectivity index (χ3v) is 12.9. The monoisotopic (exact) mass is 957 g/mol. The van der Waals surface area contributed by atoms with E-state index in [-0.39, 0.29) is 19.1 Å². The van der Waals surface area contributed by atoms with Crippen molar-refractivity contribution in [2.75, 3.05) is 40.9 Å². The molecule has 0 aliphatic rings. The molecular formula is C58H105N2O6P. The fourth-order valence-corrected chi connectivity index (χ4v) is 8.33. The van der Waals surface area contributed by atoms with Gasteiger partial charge in [-0.2, -0.15) is 0 Å². The molecule has 0 spiro atoms. The average Bonchev–Trinajstić information content (AvgIpc) is 3.29. The Hall–Kier alpha value is -2.32. The molecule has 9 heteroatoms. The Morgan fingerprint density at radius 2 is 0.910 bits per heavy atom. The number of allylic oxidation sites excluding steroid dienone is 14. The van der Waals surface area contributed by atoms with Crippen molar-refractivity contribution < 1.29 is 32.9 Å². The van der Waals surface area contributed by atoms with Crippen LogP contribution >= 0.6 is 7.82 Å². The van der Waals surface area contributed by atoms with Crippen LogP contribution < -0.4 is 10.2 Å². The number of quaternary nitrogens is 1. The smallest absolute Gasteiger partial charge is 0.268 e. The number of rotatable bonds is 49. The fourth-order valence-electron chi connectivity index (χ4n) is 7.61. The molecule has 0 aromatic heterocycles. The molecule has 67 heavy (non-hydrogen) atoms. The number of phosphoric acid groups is 1. The minimum Gasteiger partial charge on any atom is -0.756 e. The minimum atomic E-state index is -4.56. The van der Waals surface area contributed by atoms with E-state index in [1.165, 1.54) is 116 Å². The molecule has 2 N–H and O–H groups in total. The summed E-state index contributed by atoms with van der Waals surface area (Å²) in [6, 6.07) is -0.799. The highest BCUT2D eigenvalue weighted by atomic mass is 31.2. The second-order valence-corrected chi connectivity index (χ2v) is 21.0. The van der Waals surface area contributed by atoms with Gasteiger partial charge in [0.1, 0.15) is 13.2 Å². The molecule has 0 heterocycles. The summed E-state index contributed by atoms with van der Waals surface area (Å²) in [7, 11) is 1.30. The van der Waals surface area contributed by atoms with Crippen molar-refractivity contribution >= 4 is 13.7 Å². The number of likely N-dealkylation sites (N-methyl/N-ethyl adjacent to an activating group) is 1. The first-order chi connectivity index (χ1) is 32.5. The van der Waals surface area contributed by atoms with E-state index >= 15 is 0 Å². The topological polar surface area (TPSA) is 108 Å². The van der Waals surface area contributed by atoms with Crippen LogP contribution in [-0.2, 0) is 18.4 Å². The van der Waals surface area contributed by atoms with Gasteiger partial charge in [0.2, 0.25) is 5.91 Å². The van der Waals surface area contributed by atoms with Crippen LogP contribution in [0.3, 0.4) is 0 Å². The third kappa shape index (κ3) is 51.4. The molecule has 3 unspecified atom stereocenters. The summed E-state index contributed by atoms with van der Waals surface area (Å²) in [6.07, 6.45) is 68.1. The van der Waals surface area contributed by atoms with Crippen molar-refractivity contribution in [3.63, 3.8) is 0 Å². The average molecular weight is 957 g/mol. The third-order valence-electron chi connectivity index (χ3n) is 11.9. The van der Waals surface area contributed by atoms with E-state index in [2.05, 4.69) is 104 Å². The lowest BCUT2D eigenvalue weighted by molar-refractivity contribution is -0.870. The van der Waals surface area contributed by atoms with E-state index in [4.69, 9.17) is 9.05 Å². The number of hydrogen-bond donors (Lipinski definition) is 2. The van der Waals surface area contributed by atoms with Gasteiger partial charge < -0.3 is 28.8 Å². The van der Waals surface area contributed by atoms with E-state index in [1.807, 2.05) is 21.1 Å². The number of unbranched alkanes of at least 4 members (excludes halogenated alkanes) is 22. The quantitative estimate of drug-likeness (QED) is 0.0272. The highest BCUT2D eigenvalue weighted by molar-refractivity contribution is 7.45. The number of hydrogen-bond acceptors (Lipinski definition) is 6. The van der Waals surface area contributed by atoms with Crippen LogP contribution in [0.2, 0.25) is 0 Å². The summed E-state index contributed by atoms with van der Waals surface area (Å²) in [6.45, 7) is 4.53. The molecule has 8 nitrogen and oxygen atoms in total. The molecule has 388 valence electrons. The van der Waals surface area contributed by atoms with Crippen molar-refractivity contribution in [2.45, 2.75) is 238 Å². The van der Waals surface area contributed by atoms with Crippen LogP contribution in [0.4, 0.5) is 0 Å². The van der Waals surface area contributed by atoms with Crippen LogP contribution in [-0.4, -0.2) is 68.5 Å². The zero-order chi connectivity index (χ0) is 49.2. The predicted octanol–water partition coefficient (Wildman–Crippen LogP) is 15.8. The second-order valence-electron chi connectivity index (χ2n) is 19.6. The van der Waals surface area contributed by atoms with Crippen molar-refractivity contribution in [1.82, 2.24) is 5.32 Å². The van der Waals surface area contributed by atoms with Crippen molar-refractivity contribution in [3.8, 4) is 0 Å². The number of aliphatic hydroxyl groups excluding tert-OH is 1. The molecule has 0 aromatic carbocycles. The number of phosphoric ester groups is 1. The van der Waals surface area contributed by atoms with Crippen LogP contribution in [0.15, 0.2) is 85.1 Å². The lowest BCUT2D eigenvalue weighted by Gasteiger charge is -2.30. The molecule has 0 aromatic rings. The Balaban J connectivity index is 3.82. The van der Waals surface area contributed by atoms with E-state index in [1.54, 1.807) is 0 Å². The van der Waals surface area contributed by atoms with Gasteiger partial charge in [0.15, 0.2) is 0 Å². The molecule has 0 radical (unpaired) electrons. The Morgan fingerprint density at radius 1 is 0.537 bits per heavy atom. The SMILES string of the molecule is CC/C=C\C/C=C\C/C=C\C/C=C\C/C=C\C/C=C\C/C=C\CCCCCCCCCCCCCCCCCCCC(=O)NC(COP(=O)([O-])OCC[N+](C)(C)C)C(O)CCCCCCCC. The number of amides is 1. The Morgan fingerprint density at radius 3 is 1.33 bits per heavy atom. The van der Waals surface area contributed by atoms with Gasteiger partial charge in [-0.15, -0.1) is 0 Å². The Bertz CT molecular complexity index is 1360. The molecule has 3 atom stereocenters.